The summed E-state index contributed by atoms with van der Waals surface area (Å²) < 4.78 is 27.4. The predicted molar refractivity (Wildman–Crippen MR) is 275 cm³/mol. The van der Waals surface area contributed by atoms with Crippen molar-refractivity contribution in [1.29, 1.82) is 0 Å². The number of amides is 3. The van der Waals surface area contributed by atoms with Crippen molar-refractivity contribution in [2.45, 2.75) is 127 Å². The molecule has 1 spiro atoms. The number of pyridine rings is 1. The van der Waals surface area contributed by atoms with E-state index in [4.69, 9.17) is 23.2 Å². The molecule has 1 aromatic heterocycles. The number of nitrogens with one attached hydrogen (secondary N) is 1. The molecule has 1 N–H and O–H groups in total. The van der Waals surface area contributed by atoms with Gasteiger partial charge in [-0.3, -0.25) is 19.7 Å². The van der Waals surface area contributed by atoms with Gasteiger partial charge in [-0.1, -0.05) is 61.3 Å². The van der Waals surface area contributed by atoms with E-state index in [0.717, 1.165) is 74.0 Å². The van der Waals surface area contributed by atoms with Crippen LogP contribution in [0.2, 0.25) is 10.0 Å². The first-order chi connectivity index (χ1) is 33.1. The third kappa shape index (κ3) is 11.1. The summed E-state index contributed by atoms with van der Waals surface area (Å²) in [6, 6.07) is 18.7. The van der Waals surface area contributed by atoms with Gasteiger partial charge >= 0.3 is 0 Å². The van der Waals surface area contributed by atoms with Gasteiger partial charge in [-0.25, -0.2) is 13.4 Å². The third-order valence-corrected chi connectivity index (χ3v) is 19.6. The minimum absolute atomic E-state index is 0.0282. The zero-order valence-electron chi connectivity index (χ0n) is 41.0. The summed E-state index contributed by atoms with van der Waals surface area (Å²) in [7, 11) is -3.49. The number of allylic oxidation sites excluding steroid dienone is 1. The monoisotopic (exact) mass is 998 g/mol. The first-order valence-corrected chi connectivity index (χ1v) is 28.3. The number of carbonyl (C=O) groups excluding carboxylic acids is 3. The van der Waals surface area contributed by atoms with Crippen molar-refractivity contribution in [1.82, 2.24) is 25.0 Å². The van der Waals surface area contributed by atoms with Gasteiger partial charge in [0.1, 0.15) is 5.82 Å². The molecule has 6 heterocycles. The van der Waals surface area contributed by atoms with Crippen molar-refractivity contribution in [3.63, 3.8) is 0 Å². The molecule has 0 radical (unpaired) electrons. The first-order valence-electron chi connectivity index (χ1n) is 25.8. The molecular weight excluding hydrogens is 928 g/mol. The number of piperidine rings is 5. The van der Waals surface area contributed by atoms with Crippen LogP contribution in [-0.4, -0.2) is 109 Å². The van der Waals surface area contributed by atoms with Gasteiger partial charge in [0.15, 0.2) is 9.84 Å². The van der Waals surface area contributed by atoms with E-state index < -0.39 is 32.6 Å². The standard InChI is InChI=1S/C55H72Cl2N6O5S/c1-36(2)49(35-69(67,68)37(3)4)63-52(41-8-10-44(56)11-9-41)48(42-6-5-7-45(57)29-42)33-55(54(63)66)31-46(32-55)61-24-17-39(18-25-61)28-38-15-22-60(23-16-38)34-40-19-26-62(27-20-40)50-30-43(14-21-58-50)47-12-13-51(64)59-53(47)65/h5-11,14,21,29-31,36-40,47-49,52H,12-13,15-20,22-28,32-35H2,1-4H3,(H,59,64,65)/t47?,48-,49-,52-,55+/m1/s1. The molecule has 3 amide bonds. The minimum Gasteiger partial charge on any atom is -0.375 e. The fourth-order valence-corrected chi connectivity index (χ4v) is 14.3. The minimum atomic E-state index is -3.49. The number of anilines is 1. The molecule has 69 heavy (non-hydrogen) atoms. The molecule has 5 atom stereocenters. The van der Waals surface area contributed by atoms with E-state index in [1.165, 1.54) is 50.9 Å². The van der Waals surface area contributed by atoms with Crippen LogP contribution >= 0.6 is 23.2 Å². The Hall–Kier alpha value is -3.97. The number of likely N-dealkylation sites (tertiary alicyclic amines) is 3. The summed E-state index contributed by atoms with van der Waals surface area (Å²) in [5, 5.41) is 3.19. The summed E-state index contributed by atoms with van der Waals surface area (Å²) >= 11 is 13.1. The van der Waals surface area contributed by atoms with E-state index in [-0.39, 0.29) is 41.2 Å². The van der Waals surface area contributed by atoms with E-state index in [9.17, 15) is 18.0 Å². The fourth-order valence-electron chi connectivity index (χ4n) is 12.6. The Bertz CT molecular complexity index is 2480. The number of aromatic nitrogens is 1. The maximum Gasteiger partial charge on any atom is 0.234 e. The number of hydrogen-bond acceptors (Lipinski definition) is 9. The van der Waals surface area contributed by atoms with Gasteiger partial charge in [0.25, 0.3) is 0 Å². The van der Waals surface area contributed by atoms with Crippen molar-refractivity contribution in [3.8, 4) is 0 Å². The highest BCUT2D eigenvalue weighted by molar-refractivity contribution is 7.92. The highest BCUT2D eigenvalue weighted by atomic mass is 35.5. The molecule has 1 aliphatic carbocycles. The van der Waals surface area contributed by atoms with Gasteiger partial charge in [-0.05, 0) is 168 Å². The molecule has 5 fully saturated rings. The van der Waals surface area contributed by atoms with Crippen LogP contribution in [0.15, 0.2) is 78.6 Å². The van der Waals surface area contributed by atoms with Crippen molar-refractivity contribution >= 4 is 56.6 Å². The largest absolute Gasteiger partial charge is 0.375 e. The van der Waals surface area contributed by atoms with E-state index in [0.29, 0.717) is 47.6 Å². The summed E-state index contributed by atoms with van der Waals surface area (Å²) in [5.74, 6) is 2.13. The molecule has 0 saturated carbocycles. The Balaban J connectivity index is 0.797. The topological polar surface area (TPSA) is 123 Å². The number of halogens is 2. The SMILES string of the molecule is CC(C)[C@@H](CS(=O)(=O)C(C)C)N1C(=O)[C@]2(C=C(N3CCC(CC4CCN(CC5CCN(c6cc(C7CCC(=O)NC7=O)ccn6)CC5)CC4)CC3)C2)C[C@H](c2cccc(Cl)c2)[C@H]1c1ccc(Cl)cc1. The molecule has 1 unspecified atom stereocenters. The van der Waals surface area contributed by atoms with Crippen LogP contribution in [0.5, 0.6) is 0 Å². The Morgan fingerprint density at radius 1 is 0.754 bits per heavy atom. The molecule has 3 aromatic rings. The summed E-state index contributed by atoms with van der Waals surface area (Å²) in [4.78, 5) is 53.8. The summed E-state index contributed by atoms with van der Waals surface area (Å²) in [6.07, 6.45) is 14.7. The first kappa shape index (κ1) is 50.0. The zero-order valence-corrected chi connectivity index (χ0v) is 43.3. The highest BCUT2D eigenvalue weighted by Crippen LogP contribution is 2.58. The lowest BCUT2D eigenvalue weighted by Gasteiger charge is -2.56. The molecule has 372 valence electrons. The molecule has 2 aromatic carbocycles. The fraction of sp³-hybridized carbons (Fsp3) is 0.600. The van der Waals surface area contributed by atoms with E-state index in [1.54, 1.807) is 20.0 Å². The molecule has 6 aliphatic rings. The number of rotatable bonds is 14. The molecule has 5 aliphatic heterocycles. The van der Waals surface area contributed by atoms with Gasteiger partial charge in [-0.2, -0.15) is 0 Å². The van der Waals surface area contributed by atoms with Crippen molar-refractivity contribution < 1.29 is 22.8 Å². The van der Waals surface area contributed by atoms with Crippen LogP contribution in [-0.2, 0) is 24.2 Å². The van der Waals surface area contributed by atoms with Gasteiger partial charge in [-0.15, -0.1) is 0 Å². The number of sulfone groups is 1. The Morgan fingerprint density at radius 3 is 2.04 bits per heavy atom. The molecule has 9 rings (SSSR count). The average Bonchev–Trinajstić information content (AvgIpc) is 3.31. The average molecular weight is 1000 g/mol. The lowest BCUT2D eigenvalue weighted by Crippen LogP contribution is -2.61. The third-order valence-electron chi connectivity index (χ3n) is 16.9. The normalized spacial score (nSPS) is 26.4. The maximum atomic E-state index is 15.4. The number of imide groups is 1. The second-order valence-corrected chi connectivity index (χ2v) is 25.5. The van der Waals surface area contributed by atoms with Crippen molar-refractivity contribution in [2.75, 3.05) is 56.5 Å². The number of hydrogen-bond donors (Lipinski definition) is 1. The van der Waals surface area contributed by atoms with Gasteiger partial charge in [0.2, 0.25) is 17.7 Å². The number of benzene rings is 2. The Morgan fingerprint density at radius 2 is 1.41 bits per heavy atom. The second kappa shape index (κ2) is 21.0. The van der Waals surface area contributed by atoms with Crippen LogP contribution in [0.3, 0.4) is 0 Å². The van der Waals surface area contributed by atoms with Crippen molar-refractivity contribution in [3.05, 3.63) is 105 Å². The van der Waals surface area contributed by atoms with E-state index >= 15 is 4.79 Å². The molecule has 5 saturated heterocycles. The smallest absolute Gasteiger partial charge is 0.234 e. The summed E-state index contributed by atoms with van der Waals surface area (Å²) in [5.41, 5.74) is 3.46. The number of carbonyl (C=O) groups is 3. The van der Waals surface area contributed by atoms with Crippen LogP contribution in [0.1, 0.15) is 133 Å². The lowest BCUT2D eigenvalue weighted by atomic mass is 9.60. The zero-order chi connectivity index (χ0) is 48.6. The molecule has 0 bridgehead atoms. The van der Waals surface area contributed by atoms with E-state index in [2.05, 4.69) is 43.2 Å². The van der Waals surface area contributed by atoms with Crippen LogP contribution in [0.4, 0.5) is 5.82 Å². The quantitative estimate of drug-likeness (QED) is 0.157. The van der Waals surface area contributed by atoms with Gasteiger partial charge < -0.3 is 19.6 Å². The van der Waals surface area contributed by atoms with Crippen molar-refractivity contribution in [2.24, 2.45) is 29.1 Å². The van der Waals surface area contributed by atoms with Crippen LogP contribution < -0.4 is 10.2 Å². The van der Waals surface area contributed by atoms with Gasteiger partial charge in [0, 0.05) is 79.5 Å². The van der Waals surface area contributed by atoms with Crippen LogP contribution in [0.25, 0.3) is 0 Å². The van der Waals surface area contributed by atoms with Crippen LogP contribution in [0, 0.1) is 29.1 Å². The molecule has 11 nitrogen and oxygen atoms in total. The lowest BCUT2D eigenvalue weighted by molar-refractivity contribution is -0.155. The molecule has 14 heteroatoms. The second-order valence-electron chi connectivity index (χ2n) is 22.0. The maximum absolute atomic E-state index is 15.4. The van der Waals surface area contributed by atoms with Gasteiger partial charge in [0.05, 0.1) is 28.4 Å². The van der Waals surface area contributed by atoms with E-state index in [1.807, 2.05) is 67.3 Å². The Kier molecular flexibility index (Phi) is 15.2. The Labute approximate surface area is 420 Å². The molecular formula is C55H72Cl2N6O5S. The predicted octanol–water partition coefficient (Wildman–Crippen LogP) is 9.82. The highest BCUT2D eigenvalue weighted by Gasteiger charge is 2.57. The number of nitrogens with zero attached hydrogens (tertiary/aromatic N) is 5. The summed E-state index contributed by atoms with van der Waals surface area (Å²) in [6.45, 7) is 15.0.